The van der Waals surface area contributed by atoms with Crippen LogP contribution in [-0.4, -0.2) is 23.2 Å². The molecular weight excluding hydrogens is 244 g/mol. The van der Waals surface area contributed by atoms with Crippen molar-refractivity contribution in [3.05, 3.63) is 28.5 Å². The lowest BCUT2D eigenvalue weighted by molar-refractivity contribution is 0.161. The molecule has 0 atom stereocenters. The van der Waals surface area contributed by atoms with Crippen LogP contribution < -0.4 is 0 Å². The molecule has 2 aromatic heterocycles. The normalized spacial score (nSPS) is 16.4. The zero-order valence-corrected chi connectivity index (χ0v) is 10.0. The van der Waals surface area contributed by atoms with Gasteiger partial charge in [-0.3, -0.25) is 0 Å². The van der Waals surface area contributed by atoms with E-state index in [9.17, 15) is 0 Å². The van der Waals surface area contributed by atoms with Gasteiger partial charge in [0.1, 0.15) is 0 Å². The van der Waals surface area contributed by atoms with E-state index in [1.165, 1.54) is 5.57 Å². The van der Waals surface area contributed by atoms with Crippen molar-refractivity contribution in [2.24, 2.45) is 0 Å². The Morgan fingerprint density at radius 2 is 2.31 bits per heavy atom. The number of halogens is 1. The molecule has 16 heavy (non-hydrogen) atoms. The summed E-state index contributed by atoms with van der Waals surface area (Å²) in [6.07, 6.45) is 2.96. The van der Waals surface area contributed by atoms with E-state index in [2.05, 4.69) is 16.0 Å². The average molecular weight is 253 g/mol. The smallest absolute Gasteiger partial charge is 0.223 e. The zero-order chi connectivity index (χ0) is 11.0. The number of aromatic nitrogens is 2. The first-order chi connectivity index (χ1) is 7.84. The Morgan fingerprint density at radius 3 is 3.12 bits per heavy atom. The quantitative estimate of drug-likeness (QED) is 0.732. The predicted molar refractivity (Wildman–Crippen MR) is 65.8 cm³/mol. The van der Waals surface area contributed by atoms with Crippen molar-refractivity contribution >= 4 is 38.7 Å². The second-order valence-corrected chi connectivity index (χ2v) is 4.78. The fourth-order valence-corrected chi connectivity index (χ4v) is 2.83. The number of nitrogens with zero attached hydrogens (tertiary/aromatic N) is 2. The van der Waals surface area contributed by atoms with Gasteiger partial charge in [-0.15, -0.1) is 11.3 Å². The molecular formula is C11H9ClN2OS. The van der Waals surface area contributed by atoms with E-state index in [0.717, 1.165) is 28.9 Å². The number of hydrogen-bond acceptors (Lipinski definition) is 4. The second-order valence-electron chi connectivity index (χ2n) is 3.53. The summed E-state index contributed by atoms with van der Waals surface area (Å²) in [4.78, 5) is 8.54. The van der Waals surface area contributed by atoms with Crippen molar-refractivity contribution in [3.8, 4) is 0 Å². The van der Waals surface area contributed by atoms with Crippen molar-refractivity contribution in [2.75, 3.05) is 13.2 Å². The molecule has 5 heteroatoms. The van der Waals surface area contributed by atoms with Crippen LogP contribution in [0.1, 0.15) is 12.1 Å². The fourth-order valence-electron chi connectivity index (χ4n) is 1.79. The largest absolute Gasteiger partial charge is 0.377 e. The third-order valence-corrected chi connectivity index (χ3v) is 3.62. The van der Waals surface area contributed by atoms with Gasteiger partial charge in [0.2, 0.25) is 5.28 Å². The molecule has 0 unspecified atom stereocenters. The van der Waals surface area contributed by atoms with Crippen molar-refractivity contribution in [1.29, 1.82) is 0 Å². The second kappa shape index (κ2) is 4.13. The van der Waals surface area contributed by atoms with Crippen LogP contribution in [0.3, 0.4) is 0 Å². The minimum Gasteiger partial charge on any atom is -0.377 e. The van der Waals surface area contributed by atoms with E-state index in [1.807, 2.05) is 11.4 Å². The molecule has 3 rings (SSSR count). The predicted octanol–water partition coefficient (Wildman–Crippen LogP) is 3.15. The molecule has 1 aliphatic heterocycles. The van der Waals surface area contributed by atoms with E-state index in [4.69, 9.17) is 16.3 Å². The molecule has 0 aromatic carbocycles. The van der Waals surface area contributed by atoms with Gasteiger partial charge in [-0.05, 0) is 35.0 Å². The highest BCUT2D eigenvalue weighted by molar-refractivity contribution is 7.17. The van der Waals surface area contributed by atoms with Crippen molar-refractivity contribution < 1.29 is 4.74 Å². The van der Waals surface area contributed by atoms with E-state index in [1.54, 1.807) is 11.3 Å². The van der Waals surface area contributed by atoms with Gasteiger partial charge >= 0.3 is 0 Å². The van der Waals surface area contributed by atoms with Crippen LogP contribution in [-0.2, 0) is 4.74 Å². The minimum absolute atomic E-state index is 0.313. The summed E-state index contributed by atoms with van der Waals surface area (Å²) in [5.41, 5.74) is 3.10. The summed E-state index contributed by atoms with van der Waals surface area (Å²) in [5.74, 6) is 0. The van der Waals surface area contributed by atoms with Crippen LogP contribution in [0.2, 0.25) is 5.28 Å². The number of thiophene rings is 1. The van der Waals surface area contributed by atoms with Gasteiger partial charge in [-0.1, -0.05) is 6.08 Å². The van der Waals surface area contributed by atoms with Crippen LogP contribution >= 0.6 is 22.9 Å². The number of fused-ring (bicyclic) bond motifs is 1. The first kappa shape index (κ1) is 10.2. The van der Waals surface area contributed by atoms with E-state index < -0.39 is 0 Å². The summed E-state index contributed by atoms with van der Waals surface area (Å²) in [5, 5.41) is 2.33. The Labute approximate surface area is 102 Å². The first-order valence-electron chi connectivity index (χ1n) is 5.02. The standard InChI is InChI=1S/C11H9ClN2OS/c12-11-13-8-3-6-16-10(8)9(14-11)7-1-4-15-5-2-7/h1,3,6H,2,4-5H2. The fraction of sp³-hybridized carbons (Fsp3) is 0.273. The molecule has 0 amide bonds. The molecule has 3 nitrogen and oxygen atoms in total. The summed E-state index contributed by atoms with van der Waals surface area (Å²) in [7, 11) is 0. The Hall–Kier alpha value is -0.970. The molecule has 2 aromatic rings. The molecule has 0 N–H and O–H groups in total. The lowest BCUT2D eigenvalue weighted by atomic mass is 10.1. The van der Waals surface area contributed by atoms with Crippen LogP contribution in [0.15, 0.2) is 17.5 Å². The first-order valence-corrected chi connectivity index (χ1v) is 6.28. The van der Waals surface area contributed by atoms with Crippen LogP contribution in [0, 0.1) is 0 Å². The van der Waals surface area contributed by atoms with Gasteiger partial charge in [0.25, 0.3) is 0 Å². The lowest BCUT2D eigenvalue weighted by Gasteiger charge is -2.13. The topological polar surface area (TPSA) is 35.0 Å². The monoisotopic (exact) mass is 252 g/mol. The van der Waals surface area contributed by atoms with Gasteiger partial charge in [0.05, 0.1) is 29.1 Å². The summed E-state index contributed by atoms with van der Waals surface area (Å²) in [6.45, 7) is 1.41. The molecule has 82 valence electrons. The van der Waals surface area contributed by atoms with E-state index >= 15 is 0 Å². The molecule has 0 aliphatic carbocycles. The Balaban J connectivity index is 2.21. The number of ether oxygens (including phenoxy) is 1. The van der Waals surface area contributed by atoms with Gasteiger partial charge in [-0.2, -0.15) is 0 Å². The maximum atomic E-state index is 5.92. The summed E-state index contributed by atoms with van der Waals surface area (Å²) in [6, 6.07) is 1.97. The van der Waals surface area contributed by atoms with Crippen LogP contribution in [0.5, 0.6) is 0 Å². The third-order valence-electron chi connectivity index (χ3n) is 2.54. The molecule has 0 bridgehead atoms. The SMILES string of the molecule is Clc1nc(C2=CCOCC2)c2sccc2n1. The molecule has 0 radical (unpaired) electrons. The number of rotatable bonds is 1. The van der Waals surface area contributed by atoms with Gasteiger partial charge in [0.15, 0.2) is 0 Å². The Bertz CT molecular complexity index is 564. The van der Waals surface area contributed by atoms with Crippen molar-refractivity contribution in [3.63, 3.8) is 0 Å². The minimum atomic E-state index is 0.313. The molecule has 0 saturated carbocycles. The lowest BCUT2D eigenvalue weighted by Crippen LogP contribution is -2.05. The summed E-state index contributed by atoms with van der Waals surface area (Å²) < 4.78 is 6.40. The molecule has 0 saturated heterocycles. The molecule has 0 spiro atoms. The van der Waals surface area contributed by atoms with Gasteiger partial charge in [-0.25, -0.2) is 9.97 Å². The maximum absolute atomic E-state index is 5.92. The maximum Gasteiger partial charge on any atom is 0.223 e. The van der Waals surface area contributed by atoms with Gasteiger partial charge in [0, 0.05) is 0 Å². The van der Waals surface area contributed by atoms with Gasteiger partial charge < -0.3 is 4.74 Å². The summed E-state index contributed by atoms with van der Waals surface area (Å²) >= 11 is 7.57. The van der Waals surface area contributed by atoms with Crippen LogP contribution in [0.4, 0.5) is 0 Å². The highest BCUT2D eigenvalue weighted by atomic mass is 35.5. The Kier molecular flexibility index (Phi) is 2.63. The zero-order valence-electron chi connectivity index (χ0n) is 8.44. The third kappa shape index (κ3) is 1.73. The highest BCUT2D eigenvalue weighted by Crippen LogP contribution is 2.30. The van der Waals surface area contributed by atoms with E-state index in [0.29, 0.717) is 11.9 Å². The Morgan fingerprint density at radius 1 is 1.38 bits per heavy atom. The molecule has 1 aliphatic rings. The molecule has 0 fully saturated rings. The van der Waals surface area contributed by atoms with Crippen LogP contribution in [0.25, 0.3) is 15.8 Å². The number of hydrogen-bond donors (Lipinski definition) is 0. The van der Waals surface area contributed by atoms with Crippen molar-refractivity contribution in [1.82, 2.24) is 9.97 Å². The van der Waals surface area contributed by atoms with E-state index in [-0.39, 0.29) is 0 Å². The van der Waals surface area contributed by atoms with Crippen molar-refractivity contribution in [2.45, 2.75) is 6.42 Å². The highest BCUT2D eigenvalue weighted by Gasteiger charge is 2.14. The molecule has 3 heterocycles. The average Bonchev–Trinajstić information content (AvgIpc) is 2.77.